The van der Waals surface area contributed by atoms with Crippen molar-refractivity contribution in [2.45, 2.75) is 32.7 Å². The summed E-state index contributed by atoms with van der Waals surface area (Å²) in [4.78, 5) is 10.6. The molecule has 21 heavy (non-hydrogen) atoms. The van der Waals surface area contributed by atoms with E-state index >= 15 is 0 Å². The summed E-state index contributed by atoms with van der Waals surface area (Å²) >= 11 is 12.3. The fraction of sp³-hybridized carbons (Fsp3) is 0.375. The number of aromatic nitrogens is 2. The summed E-state index contributed by atoms with van der Waals surface area (Å²) in [5, 5.41) is 1.27. The molecule has 0 spiro atoms. The smallest absolute Gasteiger partial charge is 0.137 e. The van der Waals surface area contributed by atoms with Gasteiger partial charge in [-0.05, 0) is 31.0 Å². The van der Waals surface area contributed by atoms with Crippen LogP contribution in [-0.4, -0.2) is 17.0 Å². The quantitative estimate of drug-likeness (QED) is 0.730. The summed E-state index contributed by atoms with van der Waals surface area (Å²) in [6.45, 7) is 4.24. The number of hydrogen-bond acceptors (Lipinski definition) is 3. The predicted molar refractivity (Wildman–Crippen MR) is 89.3 cm³/mol. The van der Waals surface area contributed by atoms with Crippen LogP contribution in [0, 0.1) is 0 Å². The molecular formula is C16H19Cl2N3. The Kier molecular flexibility index (Phi) is 5.43. The van der Waals surface area contributed by atoms with Crippen LogP contribution >= 0.6 is 23.2 Å². The molecule has 0 aliphatic heterocycles. The zero-order valence-electron chi connectivity index (χ0n) is 12.5. The lowest BCUT2D eigenvalue weighted by atomic mass is 10.1. The van der Waals surface area contributed by atoms with E-state index in [0.29, 0.717) is 5.15 Å². The molecule has 1 heterocycles. The van der Waals surface area contributed by atoms with E-state index in [2.05, 4.69) is 34.8 Å². The van der Waals surface area contributed by atoms with Gasteiger partial charge in [0, 0.05) is 17.6 Å². The van der Waals surface area contributed by atoms with Crippen molar-refractivity contribution >= 4 is 29.0 Å². The maximum Gasteiger partial charge on any atom is 0.137 e. The van der Waals surface area contributed by atoms with Gasteiger partial charge in [0.15, 0.2) is 0 Å². The van der Waals surface area contributed by atoms with Gasteiger partial charge < -0.3 is 4.90 Å². The lowest BCUT2D eigenvalue weighted by molar-refractivity contribution is 0.717. The first-order valence-electron chi connectivity index (χ1n) is 7.02. The minimum Gasteiger partial charge on any atom is -0.353 e. The third kappa shape index (κ3) is 3.66. The molecule has 0 saturated heterocycles. The fourth-order valence-corrected chi connectivity index (χ4v) is 2.75. The second-order valence-corrected chi connectivity index (χ2v) is 5.85. The summed E-state index contributed by atoms with van der Waals surface area (Å²) in [7, 11) is 2.02. The molecule has 0 aliphatic rings. The molecule has 1 atom stereocenters. The van der Waals surface area contributed by atoms with E-state index in [4.69, 9.17) is 23.2 Å². The number of benzene rings is 1. The van der Waals surface area contributed by atoms with Crippen molar-refractivity contribution in [1.29, 1.82) is 0 Å². The molecule has 0 N–H and O–H groups in total. The van der Waals surface area contributed by atoms with Crippen LogP contribution in [0.5, 0.6) is 0 Å². The minimum absolute atomic E-state index is 0.144. The normalized spacial score (nSPS) is 12.2. The highest BCUT2D eigenvalue weighted by Gasteiger charge is 2.18. The van der Waals surface area contributed by atoms with E-state index in [0.717, 1.165) is 34.8 Å². The maximum absolute atomic E-state index is 6.23. The van der Waals surface area contributed by atoms with E-state index in [-0.39, 0.29) is 6.04 Å². The Morgan fingerprint density at radius 2 is 2.00 bits per heavy atom. The van der Waals surface area contributed by atoms with Crippen LogP contribution in [0.2, 0.25) is 10.2 Å². The van der Waals surface area contributed by atoms with Crippen LogP contribution in [0.4, 0.5) is 5.82 Å². The Labute approximate surface area is 135 Å². The Balaban J connectivity index is 2.35. The lowest BCUT2D eigenvalue weighted by Gasteiger charge is -2.28. The molecular weight excluding hydrogens is 305 g/mol. The molecule has 0 bridgehead atoms. The first-order chi connectivity index (χ1) is 10.0. The summed E-state index contributed by atoms with van der Waals surface area (Å²) < 4.78 is 0. The molecule has 1 aromatic carbocycles. The molecule has 1 unspecified atom stereocenters. The molecule has 0 saturated carbocycles. The highest BCUT2D eigenvalue weighted by Crippen LogP contribution is 2.30. The zero-order chi connectivity index (χ0) is 15.4. The van der Waals surface area contributed by atoms with Gasteiger partial charge in [-0.1, -0.05) is 48.7 Å². The second kappa shape index (κ2) is 7.10. The van der Waals surface area contributed by atoms with Gasteiger partial charge in [-0.2, -0.15) is 0 Å². The van der Waals surface area contributed by atoms with E-state index < -0.39 is 0 Å². The molecule has 5 heteroatoms. The number of hydrogen-bond donors (Lipinski definition) is 0. The number of rotatable bonds is 5. The number of halogens is 2. The third-order valence-corrected chi connectivity index (χ3v) is 4.18. The van der Waals surface area contributed by atoms with Crippen LogP contribution in [0.15, 0.2) is 30.6 Å². The molecule has 2 aromatic rings. The Morgan fingerprint density at radius 3 is 2.67 bits per heavy atom. The van der Waals surface area contributed by atoms with Gasteiger partial charge >= 0.3 is 0 Å². The van der Waals surface area contributed by atoms with Gasteiger partial charge in [0.05, 0.1) is 6.04 Å². The third-order valence-electron chi connectivity index (χ3n) is 3.62. The Bertz CT molecular complexity index is 616. The Hall–Kier alpha value is -1.32. The largest absolute Gasteiger partial charge is 0.353 e. The van der Waals surface area contributed by atoms with Crippen LogP contribution in [-0.2, 0) is 6.42 Å². The van der Waals surface area contributed by atoms with Crippen LogP contribution < -0.4 is 4.90 Å². The standard InChI is InChI=1S/C16H19Cl2N3/c1-4-6-14-15(18)19-10-20-16(14)21(3)11(2)12-7-5-8-13(17)9-12/h5,7-11H,4,6H2,1-3H3. The van der Waals surface area contributed by atoms with E-state index in [1.165, 1.54) is 6.33 Å². The molecule has 0 amide bonds. The van der Waals surface area contributed by atoms with Crippen molar-refractivity contribution in [2.75, 3.05) is 11.9 Å². The van der Waals surface area contributed by atoms with Gasteiger partial charge in [0.25, 0.3) is 0 Å². The van der Waals surface area contributed by atoms with Gasteiger partial charge in [0.2, 0.25) is 0 Å². The van der Waals surface area contributed by atoms with E-state index in [1.54, 1.807) is 0 Å². The SMILES string of the molecule is CCCc1c(Cl)ncnc1N(C)C(C)c1cccc(Cl)c1. The van der Waals surface area contributed by atoms with Gasteiger partial charge in [-0.15, -0.1) is 0 Å². The average Bonchev–Trinajstić information content (AvgIpc) is 2.48. The monoisotopic (exact) mass is 323 g/mol. The van der Waals surface area contributed by atoms with Crippen molar-refractivity contribution < 1.29 is 0 Å². The van der Waals surface area contributed by atoms with E-state index in [1.807, 2.05) is 25.2 Å². The fourth-order valence-electron chi connectivity index (χ4n) is 2.32. The molecule has 1 aromatic heterocycles. The highest BCUT2D eigenvalue weighted by atomic mass is 35.5. The lowest BCUT2D eigenvalue weighted by Crippen LogP contribution is -2.24. The molecule has 0 aliphatic carbocycles. The van der Waals surface area contributed by atoms with E-state index in [9.17, 15) is 0 Å². The number of nitrogens with zero attached hydrogens (tertiary/aromatic N) is 3. The minimum atomic E-state index is 0.144. The van der Waals surface area contributed by atoms with Gasteiger partial charge in [0.1, 0.15) is 17.3 Å². The Morgan fingerprint density at radius 1 is 1.24 bits per heavy atom. The predicted octanol–water partition coefficient (Wildman–Crippen LogP) is 4.93. The van der Waals surface area contributed by atoms with Gasteiger partial charge in [-0.25, -0.2) is 9.97 Å². The molecule has 0 radical (unpaired) electrons. The summed E-state index contributed by atoms with van der Waals surface area (Å²) in [6, 6.07) is 8.02. The summed E-state index contributed by atoms with van der Waals surface area (Å²) in [6.07, 6.45) is 3.37. The van der Waals surface area contributed by atoms with Crippen molar-refractivity contribution in [3.63, 3.8) is 0 Å². The topological polar surface area (TPSA) is 29.0 Å². The molecule has 112 valence electrons. The summed E-state index contributed by atoms with van der Waals surface area (Å²) in [5.74, 6) is 0.879. The van der Waals surface area contributed by atoms with Crippen molar-refractivity contribution in [2.24, 2.45) is 0 Å². The maximum atomic E-state index is 6.23. The molecule has 2 rings (SSSR count). The van der Waals surface area contributed by atoms with Crippen LogP contribution in [0.1, 0.15) is 37.4 Å². The number of anilines is 1. The van der Waals surface area contributed by atoms with Crippen molar-refractivity contribution in [3.05, 3.63) is 51.9 Å². The molecule has 3 nitrogen and oxygen atoms in total. The van der Waals surface area contributed by atoms with Crippen molar-refractivity contribution in [1.82, 2.24) is 9.97 Å². The second-order valence-electron chi connectivity index (χ2n) is 5.06. The average molecular weight is 324 g/mol. The first-order valence-corrected chi connectivity index (χ1v) is 7.77. The van der Waals surface area contributed by atoms with Crippen molar-refractivity contribution in [3.8, 4) is 0 Å². The highest BCUT2D eigenvalue weighted by molar-refractivity contribution is 6.30. The van der Waals surface area contributed by atoms with Crippen LogP contribution in [0.25, 0.3) is 0 Å². The summed E-state index contributed by atoms with van der Waals surface area (Å²) in [5.41, 5.74) is 2.14. The van der Waals surface area contributed by atoms with Gasteiger partial charge in [-0.3, -0.25) is 0 Å². The van der Waals surface area contributed by atoms with Crippen LogP contribution in [0.3, 0.4) is 0 Å². The zero-order valence-corrected chi connectivity index (χ0v) is 14.0. The first kappa shape index (κ1) is 16.1. The molecule has 0 fully saturated rings.